The Kier molecular flexibility index (Phi) is 3.70. The number of rotatable bonds is 5. The van der Waals surface area contributed by atoms with Gasteiger partial charge < -0.3 is 5.32 Å². The van der Waals surface area contributed by atoms with Crippen LogP contribution in [0.25, 0.3) is 0 Å². The van der Waals surface area contributed by atoms with Crippen molar-refractivity contribution in [3.63, 3.8) is 0 Å². The van der Waals surface area contributed by atoms with Crippen LogP contribution in [0.1, 0.15) is 12.8 Å². The summed E-state index contributed by atoms with van der Waals surface area (Å²) in [6, 6.07) is 7.29. The molecule has 2 aromatic rings. The summed E-state index contributed by atoms with van der Waals surface area (Å²) in [6.07, 6.45) is 4.00. The van der Waals surface area contributed by atoms with E-state index >= 15 is 0 Å². The SMILES string of the molecule is O=S(=O)(Nc1ccc(NC2CC2)cn1)c1ccc(Br)s1. The molecule has 0 saturated heterocycles. The molecule has 1 saturated carbocycles. The van der Waals surface area contributed by atoms with Crippen LogP contribution in [-0.2, 0) is 10.0 Å². The number of nitrogens with one attached hydrogen (secondary N) is 2. The second-order valence-electron chi connectivity index (χ2n) is 4.51. The Hall–Kier alpha value is -1.12. The molecule has 0 unspecified atom stereocenters. The van der Waals surface area contributed by atoms with Gasteiger partial charge in [0.1, 0.15) is 10.0 Å². The Labute approximate surface area is 129 Å². The molecule has 2 N–H and O–H groups in total. The van der Waals surface area contributed by atoms with Gasteiger partial charge in [0.15, 0.2) is 0 Å². The molecular formula is C12H12BrN3O2S2. The molecule has 0 amide bonds. The number of sulfonamides is 1. The average Bonchev–Trinajstić information content (AvgIpc) is 3.10. The summed E-state index contributed by atoms with van der Waals surface area (Å²) in [7, 11) is -3.56. The summed E-state index contributed by atoms with van der Waals surface area (Å²) >= 11 is 4.41. The number of hydrogen-bond acceptors (Lipinski definition) is 5. The van der Waals surface area contributed by atoms with Crippen LogP contribution in [0.2, 0.25) is 0 Å². The molecule has 2 heterocycles. The van der Waals surface area contributed by atoms with Gasteiger partial charge in [0.2, 0.25) is 0 Å². The highest BCUT2D eigenvalue weighted by molar-refractivity contribution is 9.11. The van der Waals surface area contributed by atoms with Crippen LogP contribution in [0.4, 0.5) is 11.5 Å². The quantitative estimate of drug-likeness (QED) is 0.843. The molecule has 0 aliphatic heterocycles. The minimum absolute atomic E-state index is 0.256. The van der Waals surface area contributed by atoms with Crippen molar-refractivity contribution in [2.24, 2.45) is 0 Å². The molecule has 1 aliphatic rings. The first-order valence-corrected chi connectivity index (χ1v) is 9.13. The third kappa shape index (κ3) is 3.31. The number of thiophene rings is 1. The summed E-state index contributed by atoms with van der Waals surface area (Å²) < 4.78 is 27.7. The van der Waals surface area contributed by atoms with Crippen molar-refractivity contribution < 1.29 is 8.42 Å². The maximum Gasteiger partial charge on any atom is 0.272 e. The van der Waals surface area contributed by atoms with Gasteiger partial charge in [0.25, 0.3) is 10.0 Å². The number of anilines is 2. The molecule has 2 aromatic heterocycles. The van der Waals surface area contributed by atoms with E-state index in [1.807, 2.05) is 6.07 Å². The van der Waals surface area contributed by atoms with Crippen molar-refractivity contribution >= 4 is 48.8 Å². The minimum atomic E-state index is -3.56. The molecule has 1 aliphatic carbocycles. The fourth-order valence-corrected chi connectivity index (χ4v) is 4.65. The Morgan fingerprint density at radius 3 is 2.60 bits per heavy atom. The molecule has 3 rings (SSSR count). The minimum Gasteiger partial charge on any atom is -0.381 e. The van der Waals surface area contributed by atoms with Gasteiger partial charge in [-0.05, 0) is 53.0 Å². The highest BCUT2D eigenvalue weighted by Gasteiger charge is 2.21. The van der Waals surface area contributed by atoms with Crippen molar-refractivity contribution in [3.05, 3.63) is 34.2 Å². The molecular weight excluding hydrogens is 362 g/mol. The maximum absolute atomic E-state index is 12.1. The first-order chi connectivity index (χ1) is 9.53. The number of nitrogens with zero attached hydrogens (tertiary/aromatic N) is 1. The number of pyridine rings is 1. The summed E-state index contributed by atoms with van der Waals surface area (Å²) in [6.45, 7) is 0. The average molecular weight is 374 g/mol. The summed E-state index contributed by atoms with van der Waals surface area (Å²) in [4.78, 5) is 4.12. The molecule has 1 fully saturated rings. The van der Waals surface area contributed by atoms with Gasteiger partial charge in [-0.2, -0.15) is 0 Å². The van der Waals surface area contributed by atoms with Gasteiger partial charge in [0, 0.05) is 6.04 Å². The topological polar surface area (TPSA) is 71.1 Å². The van der Waals surface area contributed by atoms with E-state index in [1.54, 1.807) is 24.4 Å². The number of halogens is 1. The molecule has 0 bridgehead atoms. The lowest BCUT2D eigenvalue weighted by Crippen LogP contribution is -2.12. The van der Waals surface area contributed by atoms with E-state index in [0.717, 1.165) is 20.8 Å². The third-order valence-corrected chi connectivity index (χ3v) is 6.23. The summed E-state index contributed by atoms with van der Waals surface area (Å²) in [5, 5.41) is 3.30. The van der Waals surface area contributed by atoms with Crippen LogP contribution in [0.15, 0.2) is 38.5 Å². The molecule has 0 spiro atoms. The highest BCUT2D eigenvalue weighted by Crippen LogP contribution is 2.28. The zero-order valence-electron chi connectivity index (χ0n) is 10.3. The van der Waals surface area contributed by atoms with Gasteiger partial charge in [-0.25, -0.2) is 13.4 Å². The van der Waals surface area contributed by atoms with Crippen LogP contribution in [0.3, 0.4) is 0 Å². The van der Waals surface area contributed by atoms with Crippen LogP contribution in [-0.4, -0.2) is 19.4 Å². The van der Waals surface area contributed by atoms with Crippen LogP contribution >= 0.6 is 27.3 Å². The van der Waals surface area contributed by atoms with E-state index in [0.29, 0.717) is 11.9 Å². The fraction of sp³-hybridized carbons (Fsp3) is 0.250. The van der Waals surface area contributed by atoms with E-state index in [1.165, 1.54) is 12.8 Å². The second kappa shape index (κ2) is 5.34. The highest BCUT2D eigenvalue weighted by atomic mass is 79.9. The van der Waals surface area contributed by atoms with Crippen molar-refractivity contribution in [3.8, 4) is 0 Å². The predicted molar refractivity (Wildman–Crippen MR) is 83.7 cm³/mol. The Morgan fingerprint density at radius 1 is 1.25 bits per heavy atom. The van der Waals surface area contributed by atoms with Crippen molar-refractivity contribution in [2.45, 2.75) is 23.1 Å². The van der Waals surface area contributed by atoms with Crippen LogP contribution in [0, 0.1) is 0 Å². The van der Waals surface area contributed by atoms with Crippen LogP contribution < -0.4 is 10.0 Å². The van der Waals surface area contributed by atoms with Gasteiger partial charge in [-0.1, -0.05) is 0 Å². The number of hydrogen-bond donors (Lipinski definition) is 2. The summed E-state index contributed by atoms with van der Waals surface area (Å²) in [5.41, 5.74) is 0.911. The lowest BCUT2D eigenvalue weighted by atomic mass is 10.4. The van der Waals surface area contributed by atoms with Crippen molar-refractivity contribution in [1.29, 1.82) is 0 Å². The smallest absolute Gasteiger partial charge is 0.272 e. The molecule has 5 nitrogen and oxygen atoms in total. The molecule has 0 radical (unpaired) electrons. The fourth-order valence-electron chi connectivity index (χ4n) is 1.63. The standard InChI is InChI=1S/C12H12BrN3O2S2/c13-10-4-6-12(19-10)20(17,18)16-11-5-3-9(7-14-11)15-8-1-2-8/h3-8,15H,1-2H2,(H,14,16). The molecule has 0 atom stereocenters. The zero-order chi connectivity index (χ0) is 14.2. The molecule has 106 valence electrons. The second-order valence-corrected chi connectivity index (χ2v) is 8.89. The Balaban J connectivity index is 1.73. The Bertz CT molecular complexity index is 709. The van der Waals surface area contributed by atoms with Crippen LogP contribution in [0.5, 0.6) is 0 Å². The van der Waals surface area contributed by atoms with Gasteiger partial charge in [-0.3, -0.25) is 4.72 Å². The molecule has 8 heteroatoms. The van der Waals surface area contributed by atoms with Crippen molar-refractivity contribution in [2.75, 3.05) is 10.0 Å². The van der Waals surface area contributed by atoms with E-state index in [-0.39, 0.29) is 4.21 Å². The normalized spacial score (nSPS) is 15.1. The lowest BCUT2D eigenvalue weighted by molar-refractivity contribution is 0.603. The predicted octanol–water partition coefficient (Wildman–Crippen LogP) is 3.28. The number of aromatic nitrogens is 1. The van der Waals surface area contributed by atoms with E-state index in [2.05, 4.69) is 31.0 Å². The van der Waals surface area contributed by atoms with Gasteiger partial charge >= 0.3 is 0 Å². The first-order valence-electron chi connectivity index (χ1n) is 6.04. The van der Waals surface area contributed by atoms with E-state index < -0.39 is 10.0 Å². The van der Waals surface area contributed by atoms with Crippen molar-refractivity contribution in [1.82, 2.24) is 4.98 Å². The first kappa shape index (κ1) is 13.8. The molecule has 20 heavy (non-hydrogen) atoms. The largest absolute Gasteiger partial charge is 0.381 e. The zero-order valence-corrected chi connectivity index (χ0v) is 13.6. The molecule has 0 aromatic carbocycles. The monoisotopic (exact) mass is 373 g/mol. The Morgan fingerprint density at radius 2 is 2.05 bits per heavy atom. The maximum atomic E-state index is 12.1. The van der Waals surface area contributed by atoms with E-state index in [4.69, 9.17) is 0 Å². The third-order valence-electron chi connectivity index (χ3n) is 2.76. The van der Waals surface area contributed by atoms with Gasteiger partial charge in [-0.15, -0.1) is 11.3 Å². The van der Waals surface area contributed by atoms with E-state index in [9.17, 15) is 8.42 Å². The van der Waals surface area contributed by atoms with Gasteiger partial charge in [0.05, 0.1) is 15.7 Å². The summed E-state index contributed by atoms with van der Waals surface area (Å²) in [5.74, 6) is 0.316. The lowest BCUT2D eigenvalue weighted by Gasteiger charge is -2.07.